The fraction of sp³-hybridized carbons (Fsp3) is 0. The SMILES string of the molecule is O=Cc1cc(C(=O)O)c(O)c(O)c1O. The van der Waals surface area contributed by atoms with E-state index in [0.717, 1.165) is 6.07 Å². The van der Waals surface area contributed by atoms with Crippen molar-refractivity contribution < 1.29 is 30.0 Å². The maximum Gasteiger partial charge on any atom is 0.339 e. The van der Waals surface area contributed by atoms with Gasteiger partial charge in [-0.05, 0) is 6.07 Å². The molecule has 4 N–H and O–H groups in total. The number of carbonyl (C=O) groups is 2. The quantitative estimate of drug-likeness (QED) is 0.401. The number of phenolic OH excluding ortho intramolecular Hbond substituents is 2. The molecule has 0 fully saturated rings. The maximum absolute atomic E-state index is 10.5. The Morgan fingerprint density at radius 2 is 1.71 bits per heavy atom. The largest absolute Gasteiger partial charge is 0.504 e. The van der Waals surface area contributed by atoms with Crippen LogP contribution in [0.5, 0.6) is 17.2 Å². The average molecular weight is 198 g/mol. The predicted octanol–water partition coefficient (Wildman–Crippen LogP) is 0.314. The number of carboxylic acid groups (broad SMARTS) is 1. The van der Waals surface area contributed by atoms with Crippen LogP contribution in [-0.2, 0) is 0 Å². The van der Waals surface area contributed by atoms with Crippen molar-refractivity contribution in [3.05, 3.63) is 17.2 Å². The van der Waals surface area contributed by atoms with Crippen LogP contribution in [0.2, 0.25) is 0 Å². The van der Waals surface area contributed by atoms with Crippen LogP contribution in [0, 0.1) is 0 Å². The fourth-order valence-electron chi connectivity index (χ4n) is 0.922. The lowest BCUT2D eigenvalue weighted by atomic mass is 10.1. The minimum Gasteiger partial charge on any atom is -0.504 e. The lowest BCUT2D eigenvalue weighted by Crippen LogP contribution is -1.98. The molecule has 74 valence electrons. The van der Waals surface area contributed by atoms with Crippen molar-refractivity contribution in [1.29, 1.82) is 0 Å². The van der Waals surface area contributed by atoms with Gasteiger partial charge in [-0.1, -0.05) is 0 Å². The molecule has 0 spiro atoms. The van der Waals surface area contributed by atoms with Gasteiger partial charge in [0.25, 0.3) is 0 Å². The van der Waals surface area contributed by atoms with Gasteiger partial charge in [0.1, 0.15) is 5.56 Å². The summed E-state index contributed by atoms with van der Waals surface area (Å²) >= 11 is 0. The van der Waals surface area contributed by atoms with Gasteiger partial charge in [-0.25, -0.2) is 4.79 Å². The molecule has 6 nitrogen and oxygen atoms in total. The number of phenols is 3. The molecule has 0 unspecified atom stereocenters. The first kappa shape index (κ1) is 9.85. The molecular formula is C8H6O6. The smallest absolute Gasteiger partial charge is 0.339 e. The van der Waals surface area contributed by atoms with E-state index in [9.17, 15) is 9.59 Å². The molecule has 0 saturated carbocycles. The summed E-state index contributed by atoms with van der Waals surface area (Å²) in [4.78, 5) is 20.8. The molecule has 1 aromatic rings. The molecule has 1 aromatic carbocycles. The topological polar surface area (TPSA) is 115 Å². The van der Waals surface area contributed by atoms with Gasteiger partial charge in [-0.15, -0.1) is 0 Å². The lowest BCUT2D eigenvalue weighted by molar-refractivity contribution is 0.0693. The summed E-state index contributed by atoms with van der Waals surface area (Å²) in [6.07, 6.45) is 0.168. The van der Waals surface area contributed by atoms with E-state index in [2.05, 4.69) is 0 Å². The van der Waals surface area contributed by atoms with Crippen molar-refractivity contribution >= 4 is 12.3 Å². The summed E-state index contributed by atoms with van der Waals surface area (Å²) in [5.41, 5.74) is -1.06. The van der Waals surface area contributed by atoms with Crippen LogP contribution in [0.15, 0.2) is 6.07 Å². The summed E-state index contributed by atoms with van der Waals surface area (Å²) in [6, 6.07) is 0.764. The van der Waals surface area contributed by atoms with Crippen molar-refractivity contribution in [3.63, 3.8) is 0 Å². The summed E-state index contributed by atoms with van der Waals surface area (Å²) < 4.78 is 0. The van der Waals surface area contributed by atoms with Crippen LogP contribution in [0.25, 0.3) is 0 Å². The van der Waals surface area contributed by atoms with Crippen molar-refractivity contribution in [1.82, 2.24) is 0 Å². The van der Waals surface area contributed by atoms with Gasteiger partial charge in [0.05, 0.1) is 5.56 Å². The van der Waals surface area contributed by atoms with E-state index < -0.39 is 34.3 Å². The first-order valence-electron chi connectivity index (χ1n) is 3.45. The third kappa shape index (κ3) is 1.33. The zero-order chi connectivity index (χ0) is 10.9. The molecule has 0 bridgehead atoms. The Hall–Kier alpha value is -2.24. The first-order valence-corrected chi connectivity index (χ1v) is 3.45. The Labute approximate surface area is 77.7 Å². The van der Waals surface area contributed by atoms with E-state index in [0.29, 0.717) is 0 Å². The van der Waals surface area contributed by atoms with Crippen LogP contribution >= 0.6 is 0 Å². The minimum absolute atomic E-state index is 0.168. The molecule has 0 amide bonds. The number of rotatable bonds is 2. The Bertz CT molecular complexity index is 409. The molecule has 0 aliphatic carbocycles. The van der Waals surface area contributed by atoms with Gasteiger partial charge in [0.15, 0.2) is 17.8 Å². The minimum atomic E-state index is -1.51. The van der Waals surface area contributed by atoms with Crippen molar-refractivity contribution in [2.45, 2.75) is 0 Å². The van der Waals surface area contributed by atoms with Crippen LogP contribution in [0.4, 0.5) is 0 Å². The van der Waals surface area contributed by atoms with E-state index in [-0.39, 0.29) is 6.29 Å². The number of hydrogen-bond acceptors (Lipinski definition) is 5. The highest BCUT2D eigenvalue weighted by Crippen LogP contribution is 2.39. The number of hydrogen-bond donors (Lipinski definition) is 4. The van der Waals surface area contributed by atoms with E-state index in [1.165, 1.54) is 0 Å². The highest BCUT2D eigenvalue weighted by atomic mass is 16.4. The molecule has 0 atom stereocenters. The normalized spacial score (nSPS) is 9.71. The molecule has 0 saturated heterocycles. The summed E-state index contributed by atoms with van der Waals surface area (Å²) in [5, 5.41) is 35.7. The molecular weight excluding hydrogens is 192 g/mol. The zero-order valence-corrected chi connectivity index (χ0v) is 6.76. The third-order valence-electron chi connectivity index (χ3n) is 1.63. The van der Waals surface area contributed by atoms with Gasteiger partial charge in [0, 0.05) is 0 Å². The summed E-state index contributed by atoms with van der Waals surface area (Å²) in [5.74, 6) is -4.35. The standard InChI is InChI=1S/C8H6O6/c9-2-3-1-4(8(13)14)6(11)7(12)5(3)10/h1-2,10-12H,(H,13,14). The Morgan fingerprint density at radius 1 is 1.14 bits per heavy atom. The van der Waals surface area contributed by atoms with Gasteiger partial charge in [-0.2, -0.15) is 0 Å². The monoisotopic (exact) mass is 198 g/mol. The van der Waals surface area contributed by atoms with Crippen molar-refractivity contribution in [3.8, 4) is 17.2 Å². The number of carboxylic acids is 1. The maximum atomic E-state index is 10.5. The van der Waals surface area contributed by atoms with Crippen LogP contribution < -0.4 is 0 Å². The molecule has 0 aliphatic heterocycles. The molecule has 0 heterocycles. The number of carbonyl (C=O) groups excluding carboxylic acids is 1. The summed E-state index contributed by atoms with van der Waals surface area (Å²) in [6.45, 7) is 0. The molecule has 14 heavy (non-hydrogen) atoms. The molecule has 0 aliphatic rings. The average Bonchev–Trinajstić information content (AvgIpc) is 2.14. The van der Waals surface area contributed by atoms with Crippen LogP contribution in [-0.4, -0.2) is 32.7 Å². The van der Waals surface area contributed by atoms with Crippen molar-refractivity contribution in [2.75, 3.05) is 0 Å². The van der Waals surface area contributed by atoms with E-state index >= 15 is 0 Å². The Kier molecular flexibility index (Phi) is 2.29. The van der Waals surface area contributed by atoms with Crippen molar-refractivity contribution in [2.24, 2.45) is 0 Å². The Balaban J connectivity index is 3.56. The van der Waals surface area contributed by atoms with Crippen LogP contribution in [0.3, 0.4) is 0 Å². The number of aromatic hydroxyl groups is 3. The van der Waals surface area contributed by atoms with E-state index in [4.69, 9.17) is 20.4 Å². The highest BCUT2D eigenvalue weighted by Gasteiger charge is 2.20. The molecule has 0 aromatic heterocycles. The van der Waals surface area contributed by atoms with E-state index in [1.54, 1.807) is 0 Å². The van der Waals surface area contributed by atoms with Gasteiger partial charge in [0.2, 0.25) is 5.75 Å². The second kappa shape index (κ2) is 3.25. The zero-order valence-electron chi connectivity index (χ0n) is 6.76. The predicted molar refractivity (Wildman–Crippen MR) is 43.8 cm³/mol. The number of aldehydes is 1. The third-order valence-corrected chi connectivity index (χ3v) is 1.63. The highest BCUT2D eigenvalue weighted by molar-refractivity contribution is 5.96. The van der Waals surface area contributed by atoms with Gasteiger partial charge in [-0.3, -0.25) is 4.79 Å². The second-order valence-electron chi connectivity index (χ2n) is 2.48. The van der Waals surface area contributed by atoms with E-state index in [1.807, 2.05) is 0 Å². The molecule has 6 heteroatoms. The number of benzene rings is 1. The first-order chi connectivity index (χ1) is 6.49. The molecule has 1 rings (SSSR count). The Morgan fingerprint density at radius 3 is 2.14 bits per heavy atom. The lowest BCUT2D eigenvalue weighted by Gasteiger charge is -2.05. The second-order valence-corrected chi connectivity index (χ2v) is 2.48. The molecule has 0 radical (unpaired) electrons. The number of aromatic carboxylic acids is 1. The van der Waals surface area contributed by atoms with Gasteiger partial charge >= 0.3 is 5.97 Å². The fourth-order valence-corrected chi connectivity index (χ4v) is 0.922. The van der Waals surface area contributed by atoms with Crippen LogP contribution in [0.1, 0.15) is 20.7 Å². The van der Waals surface area contributed by atoms with Gasteiger partial charge < -0.3 is 20.4 Å². The summed E-state index contributed by atoms with van der Waals surface area (Å²) in [7, 11) is 0.